The van der Waals surface area contributed by atoms with E-state index in [0.29, 0.717) is 12.1 Å². The Morgan fingerprint density at radius 2 is 2.05 bits per heavy atom. The molecule has 1 N–H and O–H groups in total. The molecule has 0 saturated heterocycles. The quantitative estimate of drug-likeness (QED) is 0.696. The molecule has 0 aromatic rings. The number of carbonyl (C=O) groups excluding carboxylic acids is 1. The molecule has 0 amide bonds. The normalized spacial score (nSPS) is 26.4. The summed E-state index contributed by atoms with van der Waals surface area (Å²) in [6.45, 7) is 7.47. The Balaban J connectivity index is 2.75. The third kappa shape index (κ3) is 3.73. The first kappa shape index (κ1) is 17.4. The highest BCUT2D eigenvalue weighted by molar-refractivity contribution is 5.81. The van der Waals surface area contributed by atoms with Gasteiger partial charge in [-0.2, -0.15) is 0 Å². The van der Waals surface area contributed by atoms with Crippen molar-refractivity contribution in [2.24, 2.45) is 0 Å². The fourth-order valence-corrected chi connectivity index (χ4v) is 3.51. The lowest BCUT2D eigenvalue weighted by Crippen LogP contribution is -2.52. The third-order valence-corrected chi connectivity index (χ3v) is 4.87. The van der Waals surface area contributed by atoms with Crippen molar-refractivity contribution in [3.8, 4) is 0 Å². The first-order valence-corrected chi connectivity index (χ1v) is 8.10. The average molecular weight is 284 g/mol. The van der Waals surface area contributed by atoms with Gasteiger partial charge in [0.25, 0.3) is 0 Å². The van der Waals surface area contributed by atoms with Crippen LogP contribution in [0.5, 0.6) is 0 Å². The van der Waals surface area contributed by atoms with Crippen molar-refractivity contribution in [2.75, 3.05) is 20.7 Å². The third-order valence-electron chi connectivity index (χ3n) is 4.87. The first-order chi connectivity index (χ1) is 9.54. The van der Waals surface area contributed by atoms with Crippen molar-refractivity contribution in [1.29, 1.82) is 0 Å². The van der Waals surface area contributed by atoms with E-state index in [1.807, 2.05) is 0 Å². The van der Waals surface area contributed by atoms with Gasteiger partial charge in [0.2, 0.25) is 0 Å². The van der Waals surface area contributed by atoms with E-state index in [2.05, 4.69) is 38.0 Å². The molecule has 2 unspecified atom stereocenters. The van der Waals surface area contributed by atoms with Crippen molar-refractivity contribution < 1.29 is 9.53 Å². The monoisotopic (exact) mass is 284 g/mol. The van der Waals surface area contributed by atoms with E-state index in [0.717, 1.165) is 45.1 Å². The summed E-state index contributed by atoms with van der Waals surface area (Å²) in [5, 5.41) is 3.45. The molecule has 0 heterocycles. The van der Waals surface area contributed by atoms with Gasteiger partial charge in [-0.3, -0.25) is 4.79 Å². The van der Waals surface area contributed by atoms with Crippen LogP contribution >= 0.6 is 0 Å². The summed E-state index contributed by atoms with van der Waals surface area (Å²) in [4.78, 5) is 14.7. The van der Waals surface area contributed by atoms with Crippen LogP contribution in [0.1, 0.15) is 59.3 Å². The predicted octanol–water partition coefficient (Wildman–Crippen LogP) is 2.57. The van der Waals surface area contributed by atoms with Gasteiger partial charge >= 0.3 is 5.97 Å². The lowest BCUT2D eigenvalue weighted by atomic mass is 9.96. The summed E-state index contributed by atoms with van der Waals surface area (Å²) >= 11 is 0. The molecule has 0 spiro atoms. The van der Waals surface area contributed by atoms with Gasteiger partial charge in [0.1, 0.15) is 5.54 Å². The maximum Gasteiger partial charge on any atom is 0.326 e. The van der Waals surface area contributed by atoms with E-state index in [-0.39, 0.29) is 5.97 Å². The molecule has 4 heteroatoms. The summed E-state index contributed by atoms with van der Waals surface area (Å²) in [6.07, 6.45) is 6.18. The SMILES string of the molecule is CCCNC1(C(=O)OC)CCC(N(C)C(CC)CC)C1. The molecule has 0 aliphatic heterocycles. The van der Waals surface area contributed by atoms with Gasteiger partial charge in [0.15, 0.2) is 0 Å². The number of carbonyl (C=O) groups is 1. The lowest BCUT2D eigenvalue weighted by molar-refractivity contribution is -0.148. The van der Waals surface area contributed by atoms with Crippen LogP contribution in [0.4, 0.5) is 0 Å². The maximum atomic E-state index is 12.2. The molecule has 1 fully saturated rings. The average Bonchev–Trinajstić information content (AvgIpc) is 2.91. The van der Waals surface area contributed by atoms with Crippen molar-refractivity contribution >= 4 is 5.97 Å². The van der Waals surface area contributed by atoms with Gasteiger partial charge in [-0.15, -0.1) is 0 Å². The topological polar surface area (TPSA) is 41.6 Å². The second kappa shape index (κ2) is 7.99. The smallest absolute Gasteiger partial charge is 0.326 e. The zero-order valence-corrected chi connectivity index (χ0v) is 13.9. The summed E-state index contributed by atoms with van der Waals surface area (Å²) in [6, 6.07) is 1.09. The van der Waals surface area contributed by atoms with Crippen LogP contribution in [0.2, 0.25) is 0 Å². The number of hydrogen-bond donors (Lipinski definition) is 1. The minimum absolute atomic E-state index is 0.0913. The predicted molar refractivity (Wildman–Crippen MR) is 82.8 cm³/mol. The number of ether oxygens (including phenoxy) is 1. The molecular formula is C16H32N2O2. The van der Waals surface area contributed by atoms with Gasteiger partial charge in [0.05, 0.1) is 7.11 Å². The van der Waals surface area contributed by atoms with Crippen LogP contribution in [-0.2, 0) is 9.53 Å². The molecule has 118 valence electrons. The molecule has 1 aliphatic carbocycles. The van der Waals surface area contributed by atoms with Crippen LogP contribution in [0, 0.1) is 0 Å². The zero-order valence-electron chi connectivity index (χ0n) is 13.9. The summed E-state index contributed by atoms with van der Waals surface area (Å²) in [5.41, 5.74) is -0.463. The Labute approximate surface area is 124 Å². The largest absolute Gasteiger partial charge is 0.468 e. The second-order valence-corrected chi connectivity index (χ2v) is 6.03. The number of methoxy groups -OCH3 is 1. The zero-order chi connectivity index (χ0) is 15.2. The molecule has 0 radical (unpaired) electrons. The molecule has 1 saturated carbocycles. The minimum Gasteiger partial charge on any atom is -0.468 e. The van der Waals surface area contributed by atoms with E-state index in [9.17, 15) is 4.79 Å². The molecular weight excluding hydrogens is 252 g/mol. The van der Waals surface area contributed by atoms with Crippen LogP contribution in [0.25, 0.3) is 0 Å². The van der Waals surface area contributed by atoms with E-state index >= 15 is 0 Å². The highest BCUT2D eigenvalue weighted by atomic mass is 16.5. The summed E-state index contributed by atoms with van der Waals surface area (Å²) < 4.78 is 5.06. The van der Waals surface area contributed by atoms with Crippen molar-refractivity contribution in [2.45, 2.75) is 76.9 Å². The highest BCUT2D eigenvalue weighted by Crippen LogP contribution is 2.35. The standard InChI is InChI=1S/C16H32N2O2/c1-6-11-17-16(15(19)20-5)10-9-14(12-16)18(4)13(7-2)8-3/h13-14,17H,6-12H2,1-5H3. The van der Waals surface area contributed by atoms with Crippen LogP contribution in [0.15, 0.2) is 0 Å². The molecule has 1 rings (SSSR count). The van der Waals surface area contributed by atoms with E-state index in [1.165, 1.54) is 7.11 Å². The van der Waals surface area contributed by atoms with Gasteiger partial charge in [0, 0.05) is 12.1 Å². The number of rotatable bonds is 8. The molecule has 0 aromatic heterocycles. The molecule has 1 aliphatic rings. The van der Waals surface area contributed by atoms with Gasteiger partial charge in [-0.1, -0.05) is 20.8 Å². The number of nitrogens with one attached hydrogen (secondary N) is 1. The fraction of sp³-hybridized carbons (Fsp3) is 0.938. The molecule has 4 nitrogen and oxygen atoms in total. The Morgan fingerprint density at radius 1 is 1.40 bits per heavy atom. The Hall–Kier alpha value is -0.610. The van der Waals surface area contributed by atoms with E-state index in [1.54, 1.807) is 0 Å². The fourth-order valence-electron chi connectivity index (χ4n) is 3.51. The van der Waals surface area contributed by atoms with Crippen LogP contribution < -0.4 is 5.32 Å². The van der Waals surface area contributed by atoms with Crippen LogP contribution in [0.3, 0.4) is 0 Å². The maximum absolute atomic E-state index is 12.2. The van der Waals surface area contributed by atoms with Crippen molar-refractivity contribution in [3.05, 3.63) is 0 Å². The highest BCUT2D eigenvalue weighted by Gasteiger charge is 2.47. The number of esters is 1. The molecule has 0 aromatic carbocycles. The van der Waals surface area contributed by atoms with E-state index in [4.69, 9.17) is 4.74 Å². The molecule has 20 heavy (non-hydrogen) atoms. The Morgan fingerprint density at radius 3 is 2.55 bits per heavy atom. The second-order valence-electron chi connectivity index (χ2n) is 6.03. The van der Waals surface area contributed by atoms with Crippen LogP contribution in [-0.4, -0.2) is 49.2 Å². The number of nitrogens with zero attached hydrogens (tertiary/aromatic N) is 1. The summed E-state index contributed by atoms with van der Waals surface area (Å²) in [7, 11) is 3.70. The minimum atomic E-state index is -0.463. The summed E-state index contributed by atoms with van der Waals surface area (Å²) in [5.74, 6) is -0.0913. The van der Waals surface area contributed by atoms with Gasteiger partial charge in [-0.25, -0.2) is 0 Å². The molecule has 2 atom stereocenters. The molecule has 0 bridgehead atoms. The first-order valence-electron chi connectivity index (χ1n) is 8.10. The Bertz CT molecular complexity index is 305. The van der Waals surface area contributed by atoms with Gasteiger partial charge in [-0.05, 0) is 52.1 Å². The van der Waals surface area contributed by atoms with Crippen molar-refractivity contribution in [3.63, 3.8) is 0 Å². The Kier molecular flexibility index (Phi) is 6.96. The van der Waals surface area contributed by atoms with Crippen molar-refractivity contribution in [1.82, 2.24) is 10.2 Å². The van der Waals surface area contributed by atoms with Gasteiger partial charge < -0.3 is 15.0 Å². The van der Waals surface area contributed by atoms with E-state index < -0.39 is 5.54 Å². The number of hydrogen-bond acceptors (Lipinski definition) is 4. The lowest BCUT2D eigenvalue weighted by Gasteiger charge is -2.34.